The summed E-state index contributed by atoms with van der Waals surface area (Å²) in [7, 11) is 0. The topological polar surface area (TPSA) is 55.4 Å². The lowest BCUT2D eigenvalue weighted by atomic mass is 10.1. The highest BCUT2D eigenvalue weighted by Crippen LogP contribution is 2.57. The summed E-state index contributed by atoms with van der Waals surface area (Å²) < 4.78 is 4.85. The Labute approximate surface area is 95.7 Å². The van der Waals surface area contributed by atoms with Crippen LogP contribution in [0.4, 0.5) is 0 Å². The van der Waals surface area contributed by atoms with E-state index in [9.17, 15) is 9.59 Å². The minimum Gasteiger partial charge on any atom is -0.464 e. The smallest absolute Gasteiger partial charge is 0.328 e. The lowest BCUT2D eigenvalue weighted by molar-refractivity contribution is -0.147. The zero-order valence-electron chi connectivity index (χ0n) is 9.86. The van der Waals surface area contributed by atoms with Crippen LogP contribution in [0.1, 0.15) is 33.1 Å². The van der Waals surface area contributed by atoms with Crippen LogP contribution in [0.2, 0.25) is 0 Å². The molecular weight excluding hydrogens is 206 g/mol. The minimum atomic E-state index is -0.520. The fraction of sp³-hybridized carbons (Fsp3) is 0.833. The molecule has 4 nitrogen and oxygen atoms in total. The first-order valence-electron chi connectivity index (χ1n) is 6.12. The van der Waals surface area contributed by atoms with Crippen LogP contribution in [0.15, 0.2) is 0 Å². The number of amides is 1. The maximum Gasteiger partial charge on any atom is 0.328 e. The van der Waals surface area contributed by atoms with Gasteiger partial charge in [-0.25, -0.2) is 4.79 Å². The van der Waals surface area contributed by atoms with Gasteiger partial charge in [-0.15, -0.1) is 0 Å². The lowest BCUT2D eigenvalue weighted by Gasteiger charge is -2.13. The molecular formula is C12H19NO3. The highest BCUT2D eigenvalue weighted by atomic mass is 16.5. The Morgan fingerprint density at radius 3 is 2.56 bits per heavy atom. The number of nitrogens with one attached hydrogen (secondary N) is 1. The summed E-state index contributed by atoms with van der Waals surface area (Å²) in [6.07, 6.45) is 3.61. The van der Waals surface area contributed by atoms with Crippen molar-refractivity contribution >= 4 is 11.9 Å². The Hall–Kier alpha value is -1.06. The first kappa shape index (κ1) is 11.4. The molecule has 90 valence electrons. The molecule has 16 heavy (non-hydrogen) atoms. The standard InChI is InChI=1S/C12H19NO3/c1-3-16-12(15)7(2)13-11(14)10-8-5-4-6-9(8)10/h7-10H,3-6H2,1-2H3,(H,13,14). The van der Waals surface area contributed by atoms with Crippen LogP contribution < -0.4 is 5.32 Å². The van der Waals surface area contributed by atoms with Gasteiger partial charge >= 0.3 is 5.97 Å². The van der Waals surface area contributed by atoms with E-state index in [1.54, 1.807) is 13.8 Å². The monoisotopic (exact) mass is 225 g/mol. The summed E-state index contributed by atoms with van der Waals surface area (Å²) in [6.45, 7) is 3.79. The molecule has 0 aliphatic heterocycles. The van der Waals surface area contributed by atoms with E-state index in [0.717, 1.165) is 0 Å². The molecule has 2 aliphatic carbocycles. The van der Waals surface area contributed by atoms with Crippen molar-refractivity contribution < 1.29 is 14.3 Å². The lowest BCUT2D eigenvalue weighted by Crippen LogP contribution is -2.41. The van der Waals surface area contributed by atoms with Gasteiger partial charge in [-0.3, -0.25) is 4.79 Å². The van der Waals surface area contributed by atoms with Gasteiger partial charge in [-0.05, 0) is 38.5 Å². The second-order valence-corrected chi connectivity index (χ2v) is 4.77. The number of carbonyl (C=O) groups excluding carboxylic acids is 2. The molecule has 0 aromatic carbocycles. The summed E-state index contributed by atoms with van der Waals surface area (Å²) in [4.78, 5) is 23.2. The summed E-state index contributed by atoms with van der Waals surface area (Å²) >= 11 is 0. The van der Waals surface area contributed by atoms with Crippen LogP contribution in [0.5, 0.6) is 0 Å². The number of hydrogen-bond acceptors (Lipinski definition) is 3. The molecule has 3 unspecified atom stereocenters. The van der Waals surface area contributed by atoms with Crippen molar-refractivity contribution in [1.29, 1.82) is 0 Å². The molecule has 1 amide bonds. The van der Waals surface area contributed by atoms with Gasteiger partial charge in [0.1, 0.15) is 6.04 Å². The van der Waals surface area contributed by atoms with E-state index in [1.165, 1.54) is 19.3 Å². The maximum atomic E-state index is 11.8. The molecule has 0 radical (unpaired) electrons. The van der Waals surface area contributed by atoms with Crippen LogP contribution in [0, 0.1) is 17.8 Å². The Kier molecular flexibility index (Phi) is 3.17. The van der Waals surface area contributed by atoms with E-state index in [0.29, 0.717) is 18.4 Å². The van der Waals surface area contributed by atoms with Gasteiger partial charge in [0.2, 0.25) is 5.91 Å². The third-order valence-electron chi connectivity index (χ3n) is 3.71. The van der Waals surface area contributed by atoms with Crippen molar-refractivity contribution in [3.63, 3.8) is 0 Å². The SMILES string of the molecule is CCOC(=O)C(C)NC(=O)C1C2CCCC21. The van der Waals surface area contributed by atoms with Crippen molar-refractivity contribution in [1.82, 2.24) is 5.32 Å². The van der Waals surface area contributed by atoms with Gasteiger partial charge in [-0.1, -0.05) is 6.42 Å². The minimum absolute atomic E-state index is 0.0373. The van der Waals surface area contributed by atoms with Gasteiger partial charge in [0.05, 0.1) is 6.61 Å². The number of esters is 1. The van der Waals surface area contributed by atoms with Gasteiger partial charge < -0.3 is 10.1 Å². The highest BCUT2D eigenvalue weighted by Gasteiger charge is 2.56. The van der Waals surface area contributed by atoms with E-state index in [-0.39, 0.29) is 17.8 Å². The largest absolute Gasteiger partial charge is 0.464 e. The summed E-state index contributed by atoms with van der Waals surface area (Å²) in [5.41, 5.74) is 0. The number of hydrogen-bond donors (Lipinski definition) is 1. The van der Waals surface area contributed by atoms with Crippen LogP contribution >= 0.6 is 0 Å². The summed E-state index contributed by atoms with van der Waals surface area (Å²) in [5, 5.41) is 2.74. The fourth-order valence-electron chi connectivity index (χ4n) is 2.85. The third-order valence-corrected chi connectivity index (χ3v) is 3.71. The Bertz CT molecular complexity index is 293. The average Bonchev–Trinajstić information content (AvgIpc) is 2.73. The van der Waals surface area contributed by atoms with Crippen LogP contribution in [-0.2, 0) is 14.3 Å². The molecule has 3 atom stereocenters. The van der Waals surface area contributed by atoms with Crippen molar-refractivity contribution in [2.45, 2.75) is 39.2 Å². The average molecular weight is 225 g/mol. The van der Waals surface area contributed by atoms with E-state index < -0.39 is 6.04 Å². The van der Waals surface area contributed by atoms with Gasteiger partial charge in [0.25, 0.3) is 0 Å². The molecule has 2 aliphatic rings. The van der Waals surface area contributed by atoms with Crippen molar-refractivity contribution in [3.8, 4) is 0 Å². The Morgan fingerprint density at radius 2 is 2.00 bits per heavy atom. The zero-order valence-corrected chi connectivity index (χ0v) is 9.86. The molecule has 0 heterocycles. The predicted molar refractivity (Wildman–Crippen MR) is 58.6 cm³/mol. The molecule has 0 bridgehead atoms. The second kappa shape index (κ2) is 4.44. The maximum absolute atomic E-state index is 11.8. The first-order chi connectivity index (χ1) is 7.65. The van der Waals surface area contributed by atoms with Crippen molar-refractivity contribution in [2.24, 2.45) is 17.8 Å². The Balaban J connectivity index is 1.77. The fourth-order valence-corrected chi connectivity index (χ4v) is 2.85. The van der Waals surface area contributed by atoms with Crippen LogP contribution in [0.3, 0.4) is 0 Å². The molecule has 2 fully saturated rings. The van der Waals surface area contributed by atoms with Crippen LogP contribution in [0.25, 0.3) is 0 Å². The van der Waals surface area contributed by atoms with Gasteiger partial charge in [0.15, 0.2) is 0 Å². The normalized spacial score (nSPS) is 32.8. The number of fused-ring (bicyclic) bond motifs is 1. The molecule has 2 saturated carbocycles. The summed E-state index contributed by atoms with van der Waals surface area (Å²) in [6, 6.07) is -0.520. The molecule has 0 aromatic heterocycles. The molecule has 4 heteroatoms. The Morgan fingerprint density at radius 1 is 1.38 bits per heavy atom. The van der Waals surface area contributed by atoms with Gasteiger partial charge in [-0.2, -0.15) is 0 Å². The molecule has 2 rings (SSSR count). The highest BCUT2D eigenvalue weighted by molar-refractivity contribution is 5.87. The summed E-state index contributed by atoms with van der Waals surface area (Å²) in [5.74, 6) is 1.05. The van der Waals surface area contributed by atoms with E-state index in [2.05, 4.69) is 5.32 Å². The van der Waals surface area contributed by atoms with Crippen molar-refractivity contribution in [3.05, 3.63) is 0 Å². The predicted octanol–water partition coefficient (Wildman–Crippen LogP) is 1.10. The van der Waals surface area contributed by atoms with E-state index >= 15 is 0 Å². The quantitative estimate of drug-likeness (QED) is 0.729. The third kappa shape index (κ3) is 2.06. The zero-order chi connectivity index (χ0) is 11.7. The molecule has 0 aromatic rings. The molecule has 0 spiro atoms. The van der Waals surface area contributed by atoms with E-state index in [4.69, 9.17) is 4.74 Å². The first-order valence-corrected chi connectivity index (χ1v) is 6.12. The molecule has 1 N–H and O–H groups in total. The number of carbonyl (C=O) groups is 2. The van der Waals surface area contributed by atoms with Gasteiger partial charge in [0, 0.05) is 5.92 Å². The van der Waals surface area contributed by atoms with Crippen LogP contribution in [-0.4, -0.2) is 24.5 Å². The number of rotatable bonds is 4. The second-order valence-electron chi connectivity index (χ2n) is 4.77. The molecule has 0 saturated heterocycles. The van der Waals surface area contributed by atoms with E-state index in [1.807, 2.05) is 0 Å². The number of ether oxygens (including phenoxy) is 1. The van der Waals surface area contributed by atoms with Crippen molar-refractivity contribution in [2.75, 3.05) is 6.61 Å².